The molecule has 0 bridgehead atoms. The van der Waals surface area contributed by atoms with Gasteiger partial charge in [-0.2, -0.15) is 17.8 Å². The molecule has 4 aromatic rings. The second-order valence-corrected chi connectivity index (χ2v) is 10.5. The number of nitrogens with zero attached hydrogens (tertiary/aromatic N) is 5. The van der Waals surface area contributed by atoms with Gasteiger partial charge in [-0.25, -0.2) is 9.78 Å². The van der Waals surface area contributed by atoms with Crippen molar-refractivity contribution in [1.82, 2.24) is 24.5 Å². The zero-order valence-corrected chi connectivity index (χ0v) is 22.0. The number of piperazine rings is 1. The molecule has 0 saturated carbocycles. The van der Waals surface area contributed by atoms with Crippen molar-refractivity contribution in [1.29, 1.82) is 0 Å². The minimum absolute atomic E-state index is 0.233. The normalized spacial score (nSPS) is 14.5. The molecular weight excluding hydrogens is 506 g/mol. The van der Waals surface area contributed by atoms with Crippen molar-refractivity contribution >= 4 is 38.7 Å². The Balaban J connectivity index is 1.42. The number of aromatic amines is 1. The van der Waals surface area contributed by atoms with Crippen molar-refractivity contribution < 1.29 is 17.9 Å². The highest BCUT2D eigenvalue weighted by molar-refractivity contribution is 7.90. The first-order valence-electron chi connectivity index (χ1n) is 12.5. The number of pyridine rings is 2. The average Bonchev–Trinajstić information content (AvgIpc) is 3.37. The summed E-state index contributed by atoms with van der Waals surface area (Å²) in [6, 6.07) is 13.1. The molecule has 5 rings (SSSR count). The Morgan fingerprint density at radius 3 is 2.53 bits per heavy atom. The first kappa shape index (κ1) is 25.6. The molecule has 0 unspecified atom stereocenters. The zero-order valence-electron chi connectivity index (χ0n) is 21.2. The van der Waals surface area contributed by atoms with Crippen LogP contribution >= 0.6 is 0 Å². The Morgan fingerprint density at radius 2 is 1.87 bits per heavy atom. The highest BCUT2D eigenvalue weighted by atomic mass is 32.2. The van der Waals surface area contributed by atoms with Crippen LogP contribution in [0.3, 0.4) is 0 Å². The van der Waals surface area contributed by atoms with Crippen LogP contribution in [0.5, 0.6) is 0 Å². The number of aromatic nitrogens is 4. The summed E-state index contributed by atoms with van der Waals surface area (Å²) in [4.78, 5) is 23.6. The third kappa shape index (κ3) is 5.18. The quantitative estimate of drug-likeness (QED) is 0.329. The van der Waals surface area contributed by atoms with E-state index < -0.39 is 16.2 Å². The number of carbonyl (C=O) groups excluding carboxylic acids is 1. The summed E-state index contributed by atoms with van der Waals surface area (Å²) in [7, 11) is -3.73. The average molecular weight is 536 g/mol. The summed E-state index contributed by atoms with van der Waals surface area (Å²) in [5.74, 6) is 0.0769. The highest BCUT2D eigenvalue weighted by Crippen LogP contribution is 2.32. The van der Waals surface area contributed by atoms with Crippen LogP contribution in [0.25, 0.3) is 22.3 Å². The molecule has 1 aromatic carbocycles. The predicted molar refractivity (Wildman–Crippen MR) is 145 cm³/mol. The van der Waals surface area contributed by atoms with E-state index >= 15 is 0 Å². The van der Waals surface area contributed by atoms with E-state index in [-0.39, 0.29) is 19.7 Å². The van der Waals surface area contributed by atoms with Crippen molar-refractivity contribution in [2.45, 2.75) is 20.3 Å². The Bertz CT molecular complexity index is 1530. The van der Waals surface area contributed by atoms with Gasteiger partial charge in [0.1, 0.15) is 5.82 Å². The lowest BCUT2D eigenvalue weighted by Gasteiger charge is -2.34. The van der Waals surface area contributed by atoms with Gasteiger partial charge in [0.2, 0.25) is 0 Å². The summed E-state index contributed by atoms with van der Waals surface area (Å²) in [6.45, 7) is 5.37. The molecular formula is C26H29N7O4S. The smallest absolute Gasteiger partial charge is 0.339 e. The fraction of sp³-hybridized carbons (Fsp3) is 0.308. The molecule has 11 nitrogen and oxygen atoms in total. The van der Waals surface area contributed by atoms with E-state index in [2.05, 4.69) is 26.8 Å². The summed E-state index contributed by atoms with van der Waals surface area (Å²) in [5.41, 5.74) is 3.96. The number of carbonyl (C=O) groups is 1. The van der Waals surface area contributed by atoms with Gasteiger partial charge in [0.15, 0.2) is 5.65 Å². The van der Waals surface area contributed by atoms with Gasteiger partial charge in [0.05, 0.1) is 35.1 Å². The number of fused-ring (bicyclic) bond motifs is 1. The zero-order chi connectivity index (χ0) is 26.7. The molecule has 1 aliphatic rings. The molecule has 1 fully saturated rings. The Hall–Kier alpha value is -4.03. The van der Waals surface area contributed by atoms with E-state index in [1.54, 1.807) is 31.3 Å². The SMILES string of the molecule is CCOC(=O)c1cc(N2CCN(S(=O)(=O)Nc3cccnc3)CC2)nc2n[nH]c(-c3ccc(CC)cc3)c12. The number of aryl methyl sites for hydroxylation is 1. The number of ether oxygens (including phenoxy) is 1. The van der Waals surface area contributed by atoms with Crippen molar-refractivity contribution in [2.75, 3.05) is 42.4 Å². The highest BCUT2D eigenvalue weighted by Gasteiger charge is 2.29. The van der Waals surface area contributed by atoms with E-state index in [1.165, 1.54) is 16.1 Å². The molecule has 198 valence electrons. The Kier molecular flexibility index (Phi) is 7.25. The molecule has 0 aliphatic carbocycles. The molecule has 3 aromatic heterocycles. The molecule has 12 heteroatoms. The molecule has 2 N–H and O–H groups in total. The molecule has 1 aliphatic heterocycles. The Labute approximate surface area is 221 Å². The summed E-state index contributed by atoms with van der Waals surface area (Å²) in [5, 5.41) is 8.05. The van der Waals surface area contributed by atoms with Crippen LogP contribution < -0.4 is 9.62 Å². The van der Waals surface area contributed by atoms with E-state index in [0.29, 0.717) is 46.9 Å². The third-order valence-corrected chi connectivity index (χ3v) is 8.01. The molecule has 0 spiro atoms. The van der Waals surface area contributed by atoms with Gasteiger partial charge in [-0.3, -0.25) is 14.8 Å². The standard InChI is InChI=1S/C26H29N7O4S/c1-3-18-7-9-19(10-8-18)24-23-21(26(34)37-4-2)16-22(28-25(23)30-29-24)32-12-14-33(15-13-32)38(35,36)31-20-6-5-11-27-17-20/h5-11,16-17,31H,3-4,12-15H2,1-2H3,(H,28,29,30). The second-order valence-electron chi connectivity index (χ2n) is 8.83. The second kappa shape index (κ2) is 10.8. The third-order valence-electron chi connectivity index (χ3n) is 6.47. The first-order valence-corrected chi connectivity index (χ1v) is 13.9. The lowest BCUT2D eigenvalue weighted by molar-refractivity contribution is 0.0528. The topological polar surface area (TPSA) is 133 Å². The van der Waals surface area contributed by atoms with Gasteiger partial charge in [0.25, 0.3) is 0 Å². The fourth-order valence-corrected chi connectivity index (χ4v) is 5.64. The van der Waals surface area contributed by atoms with Crippen LogP contribution in [0.2, 0.25) is 0 Å². The summed E-state index contributed by atoms with van der Waals surface area (Å²) >= 11 is 0. The summed E-state index contributed by atoms with van der Waals surface area (Å²) < 4.78 is 35.0. The maximum Gasteiger partial charge on any atom is 0.339 e. The van der Waals surface area contributed by atoms with Crippen LogP contribution in [-0.2, 0) is 21.4 Å². The number of rotatable bonds is 8. The minimum atomic E-state index is -3.73. The molecule has 0 amide bonds. The molecule has 0 atom stereocenters. The van der Waals surface area contributed by atoms with E-state index in [0.717, 1.165) is 12.0 Å². The lowest BCUT2D eigenvalue weighted by Crippen LogP contribution is -2.50. The molecule has 0 radical (unpaired) electrons. The fourth-order valence-electron chi connectivity index (χ4n) is 4.45. The monoisotopic (exact) mass is 535 g/mol. The number of anilines is 2. The van der Waals surface area contributed by atoms with Crippen LogP contribution in [0.4, 0.5) is 11.5 Å². The number of nitrogens with one attached hydrogen (secondary N) is 2. The lowest BCUT2D eigenvalue weighted by atomic mass is 10.0. The number of esters is 1. The van der Waals surface area contributed by atoms with E-state index in [1.807, 2.05) is 29.2 Å². The van der Waals surface area contributed by atoms with Crippen LogP contribution in [0.15, 0.2) is 54.9 Å². The van der Waals surface area contributed by atoms with Gasteiger partial charge in [0, 0.05) is 37.9 Å². The van der Waals surface area contributed by atoms with Crippen LogP contribution in [-0.4, -0.2) is 71.6 Å². The molecule has 38 heavy (non-hydrogen) atoms. The summed E-state index contributed by atoms with van der Waals surface area (Å²) in [6.07, 6.45) is 3.96. The van der Waals surface area contributed by atoms with E-state index in [4.69, 9.17) is 9.72 Å². The maximum atomic E-state index is 13.0. The largest absolute Gasteiger partial charge is 0.462 e. The maximum absolute atomic E-state index is 13.0. The van der Waals surface area contributed by atoms with Crippen LogP contribution in [0.1, 0.15) is 29.8 Å². The predicted octanol–water partition coefficient (Wildman–Crippen LogP) is 3.24. The van der Waals surface area contributed by atoms with E-state index in [9.17, 15) is 13.2 Å². The number of benzene rings is 1. The van der Waals surface area contributed by atoms with Gasteiger partial charge in [-0.1, -0.05) is 31.2 Å². The number of hydrogen-bond donors (Lipinski definition) is 2. The van der Waals surface area contributed by atoms with Gasteiger partial charge in [-0.15, -0.1) is 0 Å². The van der Waals surface area contributed by atoms with Gasteiger partial charge in [-0.05, 0) is 37.1 Å². The van der Waals surface area contributed by atoms with Gasteiger partial charge < -0.3 is 9.64 Å². The minimum Gasteiger partial charge on any atom is -0.462 e. The van der Waals surface area contributed by atoms with Crippen molar-refractivity contribution in [2.24, 2.45) is 0 Å². The molecule has 1 saturated heterocycles. The van der Waals surface area contributed by atoms with Crippen molar-refractivity contribution in [3.8, 4) is 11.3 Å². The first-order chi connectivity index (χ1) is 18.4. The number of H-pyrrole nitrogens is 1. The Morgan fingerprint density at radius 1 is 1.11 bits per heavy atom. The van der Waals surface area contributed by atoms with Crippen LogP contribution in [0, 0.1) is 0 Å². The molecule has 4 heterocycles. The van der Waals surface area contributed by atoms with Gasteiger partial charge >= 0.3 is 16.2 Å². The van der Waals surface area contributed by atoms with Crippen molar-refractivity contribution in [3.63, 3.8) is 0 Å². The number of hydrogen-bond acceptors (Lipinski definition) is 8. The van der Waals surface area contributed by atoms with Crippen molar-refractivity contribution in [3.05, 3.63) is 66.0 Å².